The topological polar surface area (TPSA) is 6.48 Å². The van der Waals surface area contributed by atoms with Crippen molar-refractivity contribution in [1.82, 2.24) is 9.80 Å². The summed E-state index contributed by atoms with van der Waals surface area (Å²) in [5.41, 5.74) is 1.12. The molecule has 2 heterocycles. The zero-order chi connectivity index (χ0) is 12.5. The largest absolute Gasteiger partial charge is 0.306 e. The van der Waals surface area contributed by atoms with Crippen LogP contribution >= 0.6 is 0 Å². The van der Waals surface area contributed by atoms with E-state index < -0.39 is 0 Å². The van der Waals surface area contributed by atoms with Crippen LogP contribution in [-0.2, 0) is 0 Å². The lowest BCUT2D eigenvalue weighted by atomic mass is 9.72. The third-order valence-electron chi connectivity index (χ3n) is 4.47. The first-order valence-electron chi connectivity index (χ1n) is 7.30. The van der Waals surface area contributed by atoms with Gasteiger partial charge in [-0.25, -0.2) is 0 Å². The van der Waals surface area contributed by atoms with Gasteiger partial charge in [0.25, 0.3) is 0 Å². The molecule has 0 aromatic rings. The van der Waals surface area contributed by atoms with Gasteiger partial charge in [0.15, 0.2) is 0 Å². The number of rotatable bonds is 1. The molecule has 2 nitrogen and oxygen atoms in total. The Morgan fingerprint density at radius 3 is 2.18 bits per heavy atom. The first-order chi connectivity index (χ1) is 7.89. The fourth-order valence-electron chi connectivity index (χ4n) is 3.72. The smallest absolute Gasteiger partial charge is 0.00359 e. The minimum atomic E-state index is 0.452. The molecule has 2 aliphatic rings. The van der Waals surface area contributed by atoms with E-state index in [1.54, 1.807) is 0 Å². The molecule has 0 bridgehead atoms. The highest BCUT2D eigenvalue weighted by atomic mass is 15.2. The van der Waals surface area contributed by atoms with E-state index in [-0.39, 0.29) is 0 Å². The number of likely N-dealkylation sites (tertiary alicyclic amines) is 2. The maximum absolute atomic E-state index is 2.68. The predicted molar refractivity (Wildman–Crippen MR) is 74.3 cm³/mol. The van der Waals surface area contributed by atoms with Crippen LogP contribution in [0.3, 0.4) is 0 Å². The van der Waals surface area contributed by atoms with Crippen molar-refractivity contribution in [2.45, 2.75) is 46.5 Å². The Labute approximate surface area is 107 Å². The van der Waals surface area contributed by atoms with Crippen LogP contribution in [0.2, 0.25) is 0 Å². The normalized spacial score (nSPS) is 27.5. The van der Waals surface area contributed by atoms with Gasteiger partial charge in [-0.05, 0) is 63.2 Å². The monoisotopic (exact) mass is 238 g/mol. The number of nitrogens with zero attached hydrogens (tertiary/aromatic N) is 2. The predicted octanol–water partition coefficient (Wildman–Crippen LogP) is 2.84. The lowest BCUT2D eigenvalue weighted by Gasteiger charge is -2.47. The van der Waals surface area contributed by atoms with E-state index in [0.29, 0.717) is 10.8 Å². The van der Waals surface area contributed by atoms with E-state index in [1.165, 1.54) is 58.4 Å². The molecule has 0 N–H and O–H groups in total. The highest BCUT2D eigenvalue weighted by Gasteiger charge is 2.37. The van der Waals surface area contributed by atoms with Crippen molar-refractivity contribution in [3.8, 4) is 0 Å². The minimum Gasteiger partial charge on any atom is -0.306 e. The van der Waals surface area contributed by atoms with E-state index in [9.17, 15) is 0 Å². The van der Waals surface area contributed by atoms with Gasteiger partial charge >= 0.3 is 0 Å². The molecule has 2 rings (SSSR count). The standard InChI is InChI=1S/C15H30N2/c1-14(2,3)12-17-10-7-15(8-11-17)6-5-9-16(4)13-15/h5-13H2,1-4H3. The summed E-state index contributed by atoms with van der Waals surface area (Å²) in [6.45, 7) is 13.6. The molecule has 17 heavy (non-hydrogen) atoms. The van der Waals surface area contributed by atoms with Crippen LogP contribution in [0.15, 0.2) is 0 Å². The summed E-state index contributed by atoms with van der Waals surface area (Å²) in [5, 5.41) is 0. The van der Waals surface area contributed by atoms with Gasteiger partial charge in [-0.3, -0.25) is 0 Å². The van der Waals surface area contributed by atoms with Crippen molar-refractivity contribution in [2.75, 3.05) is 39.8 Å². The fourth-order valence-corrected chi connectivity index (χ4v) is 3.72. The first kappa shape index (κ1) is 13.4. The molecule has 2 heteroatoms. The Bertz CT molecular complexity index is 246. The van der Waals surface area contributed by atoms with Crippen molar-refractivity contribution < 1.29 is 0 Å². The van der Waals surface area contributed by atoms with Gasteiger partial charge in [-0.1, -0.05) is 20.8 Å². The quantitative estimate of drug-likeness (QED) is 0.693. The van der Waals surface area contributed by atoms with Crippen LogP contribution < -0.4 is 0 Å². The molecule has 0 amide bonds. The summed E-state index contributed by atoms with van der Waals surface area (Å²) in [4.78, 5) is 5.22. The van der Waals surface area contributed by atoms with Crippen LogP contribution in [0.1, 0.15) is 46.5 Å². The second-order valence-electron chi connectivity index (χ2n) is 7.68. The zero-order valence-corrected chi connectivity index (χ0v) is 12.3. The Hall–Kier alpha value is -0.0800. The second kappa shape index (κ2) is 4.89. The van der Waals surface area contributed by atoms with Crippen LogP contribution in [0.25, 0.3) is 0 Å². The molecule has 0 unspecified atom stereocenters. The maximum atomic E-state index is 2.68. The van der Waals surface area contributed by atoms with E-state index in [2.05, 4.69) is 37.6 Å². The van der Waals surface area contributed by atoms with Crippen LogP contribution in [0.4, 0.5) is 0 Å². The Morgan fingerprint density at radius 2 is 1.65 bits per heavy atom. The summed E-state index contributed by atoms with van der Waals surface area (Å²) in [6.07, 6.45) is 5.73. The third kappa shape index (κ3) is 3.69. The SMILES string of the molecule is CN1CCCC2(CCN(CC(C)(C)C)CC2)C1. The molecule has 1 spiro atoms. The molecule has 0 aromatic heterocycles. The van der Waals surface area contributed by atoms with Crippen LogP contribution in [0, 0.1) is 10.8 Å². The van der Waals surface area contributed by atoms with Gasteiger partial charge in [-0.15, -0.1) is 0 Å². The average molecular weight is 238 g/mol. The molecule has 0 aliphatic carbocycles. The zero-order valence-electron chi connectivity index (χ0n) is 12.3. The molecule has 2 fully saturated rings. The molecule has 100 valence electrons. The van der Waals surface area contributed by atoms with Crippen molar-refractivity contribution in [2.24, 2.45) is 10.8 Å². The van der Waals surface area contributed by atoms with Crippen LogP contribution in [0.5, 0.6) is 0 Å². The van der Waals surface area contributed by atoms with Gasteiger partial charge < -0.3 is 9.80 Å². The molecule has 0 saturated carbocycles. The minimum absolute atomic E-state index is 0.452. The lowest BCUT2D eigenvalue weighted by molar-refractivity contribution is 0.0241. The van der Waals surface area contributed by atoms with Crippen molar-refractivity contribution in [1.29, 1.82) is 0 Å². The molecule has 0 aromatic carbocycles. The molecule has 2 saturated heterocycles. The number of hydrogen-bond acceptors (Lipinski definition) is 2. The van der Waals surface area contributed by atoms with E-state index in [4.69, 9.17) is 0 Å². The Kier molecular flexibility index (Phi) is 3.84. The number of piperidine rings is 2. The highest BCUT2D eigenvalue weighted by molar-refractivity contribution is 4.91. The fraction of sp³-hybridized carbons (Fsp3) is 1.00. The maximum Gasteiger partial charge on any atom is 0.00359 e. The van der Waals surface area contributed by atoms with Gasteiger partial charge in [0.1, 0.15) is 0 Å². The molecular formula is C15H30N2. The second-order valence-corrected chi connectivity index (χ2v) is 7.68. The summed E-state index contributed by atoms with van der Waals surface area (Å²) in [7, 11) is 2.29. The highest BCUT2D eigenvalue weighted by Crippen LogP contribution is 2.39. The van der Waals surface area contributed by atoms with Gasteiger partial charge in [0.05, 0.1) is 0 Å². The molecule has 0 radical (unpaired) electrons. The van der Waals surface area contributed by atoms with E-state index >= 15 is 0 Å². The van der Waals surface area contributed by atoms with Crippen molar-refractivity contribution >= 4 is 0 Å². The summed E-state index contributed by atoms with van der Waals surface area (Å²) >= 11 is 0. The summed E-state index contributed by atoms with van der Waals surface area (Å²) in [6, 6.07) is 0. The number of hydrogen-bond donors (Lipinski definition) is 0. The van der Waals surface area contributed by atoms with Crippen molar-refractivity contribution in [3.05, 3.63) is 0 Å². The molecular weight excluding hydrogens is 208 g/mol. The molecule has 0 atom stereocenters. The van der Waals surface area contributed by atoms with Gasteiger partial charge in [0.2, 0.25) is 0 Å². The lowest BCUT2D eigenvalue weighted by Crippen LogP contribution is -2.49. The average Bonchev–Trinajstić information content (AvgIpc) is 2.20. The van der Waals surface area contributed by atoms with E-state index in [0.717, 1.165) is 0 Å². The first-order valence-corrected chi connectivity index (χ1v) is 7.30. The van der Waals surface area contributed by atoms with Crippen LogP contribution in [-0.4, -0.2) is 49.6 Å². The summed E-state index contributed by atoms with van der Waals surface area (Å²) in [5.74, 6) is 0. The Balaban J connectivity index is 1.85. The van der Waals surface area contributed by atoms with Crippen molar-refractivity contribution in [3.63, 3.8) is 0 Å². The molecule has 2 aliphatic heterocycles. The summed E-state index contributed by atoms with van der Waals surface area (Å²) < 4.78 is 0. The van der Waals surface area contributed by atoms with E-state index in [1.807, 2.05) is 0 Å². The Morgan fingerprint density at radius 1 is 1.00 bits per heavy atom. The van der Waals surface area contributed by atoms with Gasteiger partial charge in [0, 0.05) is 13.1 Å². The van der Waals surface area contributed by atoms with Gasteiger partial charge in [-0.2, -0.15) is 0 Å². The third-order valence-corrected chi connectivity index (χ3v) is 4.47.